The molecule has 38 heavy (non-hydrogen) atoms. The number of aromatic hydroxyl groups is 2. The van der Waals surface area contributed by atoms with Gasteiger partial charge in [-0.1, -0.05) is 44.0 Å². The first-order valence-corrected chi connectivity index (χ1v) is 12.9. The highest BCUT2D eigenvalue weighted by Gasteiger charge is 2.22. The third-order valence-electron chi connectivity index (χ3n) is 6.74. The van der Waals surface area contributed by atoms with E-state index in [0.717, 1.165) is 58.7 Å². The van der Waals surface area contributed by atoms with Crippen LogP contribution < -0.4 is 10.5 Å². The molecule has 0 fully saturated rings. The van der Waals surface area contributed by atoms with Crippen LogP contribution in [0.2, 0.25) is 0 Å². The van der Waals surface area contributed by atoms with Gasteiger partial charge in [0.15, 0.2) is 17.3 Å². The average molecular weight is 511 g/mol. The number of fused-ring (bicyclic) bond motifs is 1. The number of aromatic nitrogens is 1. The van der Waals surface area contributed by atoms with Crippen LogP contribution >= 0.6 is 0 Å². The second kappa shape index (κ2) is 12.3. The molecule has 0 aliphatic heterocycles. The molecule has 0 radical (unpaired) electrons. The number of phenolic OH excluding ortho intramolecular Hbond substituents is 2. The van der Waals surface area contributed by atoms with Gasteiger partial charge in [-0.2, -0.15) is 0 Å². The molecule has 0 bridgehead atoms. The number of hydrogen-bond acceptors (Lipinski definition) is 6. The van der Waals surface area contributed by atoms with Crippen molar-refractivity contribution in [3.63, 3.8) is 0 Å². The summed E-state index contributed by atoms with van der Waals surface area (Å²) in [6, 6.07) is 18.0. The van der Waals surface area contributed by atoms with Crippen LogP contribution in [0.25, 0.3) is 21.9 Å². The van der Waals surface area contributed by atoms with Crippen LogP contribution in [0.3, 0.4) is 0 Å². The number of ether oxygens (including phenoxy) is 1. The van der Waals surface area contributed by atoms with Gasteiger partial charge in [0.25, 0.3) is 0 Å². The maximum atomic E-state index is 13.7. The molecule has 0 saturated carbocycles. The van der Waals surface area contributed by atoms with Crippen molar-refractivity contribution in [1.29, 1.82) is 0 Å². The molecule has 1 aromatic heterocycles. The molecule has 0 aliphatic rings. The van der Waals surface area contributed by atoms with E-state index < -0.39 is 5.92 Å². The number of anilines is 1. The number of unbranched alkanes of at least 4 members (excludes halogenated alkanes) is 3. The van der Waals surface area contributed by atoms with Gasteiger partial charge in [0.1, 0.15) is 11.6 Å². The predicted octanol–water partition coefficient (Wildman–Crippen LogP) is 6.94. The number of ketones is 1. The second-order valence-electron chi connectivity index (χ2n) is 9.51. The number of benzene rings is 3. The van der Waals surface area contributed by atoms with E-state index in [1.54, 1.807) is 48.7 Å². The number of carbonyl (C=O) groups excluding carboxylic acids is 1. The summed E-state index contributed by atoms with van der Waals surface area (Å²) in [4.78, 5) is 17.9. The number of methoxy groups -OCH3 is 1. The van der Waals surface area contributed by atoms with Crippen LogP contribution in [0, 0.1) is 0 Å². The van der Waals surface area contributed by atoms with E-state index in [4.69, 9.17) is 10.5 Å². The van der Waals surface area contributed by atoms with Crippen molar-refractivity contribution in [1.82, 2.24) is 4.98 Å². The second-order valence-corrected chi connectivity index (χ2v) is 9.51. The zero-order valence-corrected chi connectivity index (χ0v) is 21.9. The number of allylic oxidation sites excluding steroid dienone is 2. The summed E-state index contributed by atoms with van der Waals surface area (Å²) in [7, 11) is 1.50. The van der Waals surface area contributed by atoms with Crippen molar-refractivity contribution in [2.75, 3.05) is 12.8 Å². The van der Waals surface area contributed by atoms with Crippen molar-refractivity contribution < 1.29 is 19.7 Å². The van der Waals surface area contributed by atoms with Gasteiger partial charge in [-0.25, -0.2) is 4.98 Å². The maximum Gasteiger partial charge on any atom is 0.163 e. The molecule has 4 rings (SSSR count). The number of carbonyl (C=O) groups is 1. The fourth-order valence-electron chi connectivity index (χ4n) is 4.68. The third kappa shape index (κ3) is 6.32. The van der Waals surface area contributed by atoms with Crippen molar-refractivity contribution in [3.8, 4) is 28.4 Å². The molecular weight excluding hydrogens is 476 g/mol. The summed E-state index contributed by atoms with van der Waals surface area (Å²) in [6.07, 6.45) is 9.93. The van der Waals surface area contributed by atoms with Gasteiger partial charge in [-0.15, -0.1) is 0 Å². The Morgan fingerprint density at radius 1 is 1.05 bits per heavy atom. The lowest BCUT2D eigenvalue weighted by Crippen LogP contribution is -2.14. The Labute approximate surface area is 223 Å². The van der Waals surface area contributed by atoms with Crippen LogP contribution in [0.15, 0.2) is 79.0 Å². The lowest BCUT2D eigenvalue weighted by Gasteiger charge is -2.19. The number of nitrogen functional groups attached to an aromatic ring is 1. The topological polar surface area (TPSA) is 106 Å². The lowest BCUT2D eigenvalue weighted by atomic mass is 9.84. The number of rotatable bonds is 11. The van der Waals surface area contributed by atoms with Crippen LogP contribution in [-0.4, -0.2) is 28.1 Å². The summed E-state index contributed by atoms with van der Waals surface area (Å²) < 4.78 is 5.30. The molecule has 0 spiro atoms. The van der Waals surface area contributed by atoms with E-state index in [1.807, 2.05) is 30.3 Å². The Morgan fingerprint density at radius 3 is 2.63 bits per heavy atom. The number of pyridine rings is 1. The minimum atomic E-state index is -0.487. The standard InChI is InChI=1S/C32H34N2O4/c1-3-4-5-6-7-8-29(36)28(15-21-9-13-30(37)31(16-21)38-2)24-17-23-18-25(35)11-12-26(23)27(19-24)22-10-14-32(33)34-20-22/h7-14,16-20,28,35,37H,3-6,15H2,1-2H3,(H2,33,34)/t28-/m1/s1. The number of hydrogen-bond donors (Lipinski definition) is 3. The molecule has 0 aliphatic carbocycles. The first-order valence-electron chi connectivity index (χ1n) is 12.9. The van der Waals surface area contributed by atoms with Crippen molar-refractivity contribution >= 4 is 22.4 Å². The minimum absolute atomic E-state index is 0.00516. The number of phenols is 2. The largest absolute Gasteiger partial charge is 0.508 e. The summed E-state index contributed by atoms with van der Waals surface area (Å²) in [5.74, 6) is 0.496. The molecule has 6 nitrogen and oxygen atoms in total. The highest BCUT2D eigenvalue weighted by Crippen LogP contribution is 2.36. The molecule has 196 valence electrons. The number of nitrogens with zero attached hydrogens (tertiary/aromatic N) is 1. The maximum absolute atomic E-state index is 13.7. The van der Waals surface area contributed by atoms with Gasteiger partial charge in [0.2, 0.25) is 0 Å². The van der Waals surface area contributed by atoms with Crippen LogP contribution in [0.5, 0.6) is 17.2 Å². The lowest BCUT2D eigenvalue weighted by molar-refractivity contribution is -0.116. The SMILES string of the molecule is CCCCCC=CC(=O)[C@H](Cc1ccc(O)c(OC)c1)c1cc(-c2ccc(N)nc2)c2ccc(O)cc2c1. The van der Waals surface area contributed by atoms with Gasteiger partial charge in [-0.3, -0.25) is 4.79 Å². The molecular formula is C32H34N2O4. The van der Waals surface area contributed by atoms with Gasteiger partial charge >= 0.3 is 0 Å². The van der Waals surface area contributed by atoms with E-state index in [0.29, 0.717) is 18.0 Å². The van der Waals surface area contributed by atoms with E-state index in [1.165, 1.54) is 7.11 Å². The zero-order valence-electron chi connectivity index (χ0n) is 21.9. The monoisotopic (exact) mass is 510 g/mol. The average Bonchev–Trinajstić information content (AvgIpc) is 2.92. The van der Waals surface area contributed by atoms with Crippen molar-refractivity contribution in [2.45, 2.75) is 44.9 Å². The van der Waals surface area contributed by atoms with Gasteiger partial charge in [0, 0.05) is 11.8 Å². The summed E-state index contributed by atoms with van der Waals surface area (Å²) in [5, 5.41) is 22.1. The quantitative estimate of drug-likeness (QED) is 0.149. The minimum Gasteiger partial charge on any atom is -0.508 e. The molecule has 3 aromatic carbocycles. The Bertz CT molecular complexity index is 1440. The van der Waals surface area contributed by atoms with E-state index >= 15 is 0 Å². The smallest absolute Gasteiger partial charge is 0.163 e. The molecule has 1 atom stereocenters. The molecule has 6 heteroatoms. The Hall–Kier alpha value is -4.32. The Kier molecular flexibility index (Phi) is 8.64. The molecule has 1 heterocycles. The molecule has 4 N–H and O–H groups in total. The fraction of sp³-hybridized carbons (Fsp3) is 0.250. The van der Waals surface area contributed by atoms with Crippen molar-refractivity contribution in [2.24, 2.45) is 0 Å². The predicted molar refractivity (Wildman–Crippen MR) is 153 cm³/mol. The van der Waals surface area contributed by atoms with E-state index in [2.05, 4.69) is 11.9 Å². The summed E-state index contributed by atoms with van der Waals surface area (Å²) >= 11 is 0. The summed E-state index contributed by atoms with van der Waals surface area (Å²) in [6.45, 7) is 2.16. The first kappa shape index (κ1) is 26.7. The molecule has 0 saturated heterocycles. The zero-order chi connectivity index (χ0) is 27.1. The van der Waals surface area contributed by atoms with E-state index in [-0.39, 0.29) is 17.3 Å². The molecule has 0 unspecified atom stereocenters. The van der Waals surface area contributed by atoms with E-state index in [9.17, 15) is 15.0 Å². The first-order chi connectivity index (χ1) is 18.4. The van der Waals surface area contributed by atoms with Gasteiger partial charge in [-0.05, 0) is 95.3 Å². The van der Waals surface area contributed by atoms with Gasteiger partial charge < -0.3 is 20.7 Å². The van der Waals surface area contributed by atoms with Gasteiger partial charge in [0.05, 0.1) is 13.0 Å². The fourth-order valence-corrected chi connectivity index (χ4v) is 4.68. The van der Waals surface area contributed by atoms with Crippen LogP contribution in [-0.2, 0) is 11.2 Å². The highest BCUT2D eigenvalue weighted by atomic mass is 16.5. The third-order valence-corrected chi connectivity index (χ3v) is 6.74. The molecule has 0 amide bonds. The summed E-state index contributed by atoms with van der Waals surface area (Å²) in [5.41, 5.74) is 9.28. The number of nitrogens with two attached hydrogens (primary N) is 1. The normalized spacial score (nSPS) is 12.2. The van der Waals surface area contributed by atoms with Crippen LogP contribution in [0.4, 0.5) is 5.82 Å². The van der Waals surface area contributed by atoms with Crippen LogP contribution in [0.1, 0.15) is 49.7 Å². The molecule has 4 aromatic rings. The Morgan fingerprint density at radius 2 is 1.89 bits per heavy atom. The van der Waals surface area contributed by atoms with Crippen molar-refractivity contribution in [3.05, 3.63) is 90.1 Å². The highest BCUT2D eigenvalue weighted by molar-refractivity contribution is 6.01. The Balaban J connectivity index is 1.82.